The largest absolute Gasteiger partial charge is 0.345 e. The molecule has 1 aliphatic heterocycles. The third-order valence-corrected chi connectivity index (χ3v) is 4.60. The van der Waals surface area contributed by atoms with Gasteiger partial charge in [0.25, 0.3) is 0 Å². The van der Waals surface area contributed by atoms with Gasteiger partial charge in [-0.05, 0) is 49.6 Å². The van der Waals surface area contributed by atoms with Gasteiger partial charge in [-0.2, -0.15) is 0 Å². The molecule has 0 radical (unpaired) electrons. The van der Waals surface area contributed by atoms with Crippen molar-refractivity contribution in [2.24, 2.45) is 5.92 Å². The van der Waals surface area contributed by atoms with E-state index in [1.165, 1.54) is 11.4 Å². The van der Waals surface area contributed by atoms with Gasteiger partial charge in [0.05, 0.1) is 6.04 Å². The number of nitrogens with zero attached hydrogens (tertiary/aromatic N) is 2. The lowest BCUT2D eigenvalue weighted by Gasteiger charge is -2.39. The number of carbonyl (C=O) groups excluding carboxylic acids is 1. The van der Waals surface area contributed by atoms with Crippen molar-refractivity contribution in [1.29, 1.82) is 0 Å². The lowest BCUT2D eigenvalue weighted by molar-refractivity contribution is 0.143. The van der Waals surface area contributed by atoms with Crippen LogP contribution in [0.3, 0.4) is 0 Å². The van der Waals surface area contributed by atoms with Crippen molar-refractivity contribution in [1.82, 2.24) is 9.47 Å². The van der Waals surface area contributed by atoms with E-state index in [1.54, 1.807) is 0 Å². The zero-order chi connectivity index (χ0) is 16.6. The first-order valence-electron chi connectivity index (χ1n) is 8.27. The van der Waals surface area contributed by atoms with Crippen LogP contribution in [0.15, 0.2) is 36.4 Å². The van der Waals surface area contributed by atoms with Gasteiger partial charge in [-0.3, -0.25) is 0 Å². The van der Waals surface area contributed by atoms with Crippen LogP contribution < -0.4 is 5.32 Å². The highest BCUT2D eigenvalue weighted by Gasteiger charge is 2.33. The Balaban J connectivity index is 1.85. The number of urea groups is 1. The summed E-state index contributed by atoms with van der Waals surface area (Å²) in [6.07, 6.45) is 0. The Morgan fingerprint density at radius 3 is 2.65 bits per heavy atom. The summed E-state index contributed by atoms with van der Waals surface area (Å²) in [7, 11) is 0. The van der Waals surface area contributed by atoms with Gasteiger partial charge in [0.1, 0.15) is 0 Å². The Morgan fingerprint density at radius 1 is 1.17 bits per heavy atom. The number of anilines is 1. The highest BCUT2D eigenvalue weighted by molar-refractivity contribution is 5.89. The minimum atomic E-state index is -0.0144. The Kier molecular flexibility index (Phi) is 4.16. The molecular formula is C19H25N3O. The molecule has 0 aliphatic carbocycles. The van der Waals surface area contributed by atoms with Crippen LogP contribution in [-0.4, -0.2) is 22.0 Å². The monoisotopic (exact) mass is 311 g/mol. The maximum absolute atomic E-state index is 12.8. The maximum Gasteiger partial charge on any atom is 0.322 e. The summed E-state index contributed by atoms with van der Waals surface area (Å²) in [6.45, 7) is 10.1. The second-order valence-corrected chi connectivity index (χ2v) is 6.73. The topological polar surface area (TPSA) is 37.3 Å². The number of nitrogens with one attached hydrogen (secondary N) is 1. The van der Waals surface area contributed by atoms with E-state index in [-0.39, 0.29) is 12.1 Å². The fourth-order valence-electron chi connectivity index (χ4n) is 3.51. The highest BCUT2D eigenvalue weighted by Crippen LogP contribution is 2.33. The average Bonchev–Trinajstić information content (AvgIpc) is 2.87. The quantitative estimate of drug-likeness (QED) is 0.879. The normalized spacial score (nSPS) is 17.3. The fraction of sp³-hybridized carbons (Fsp3) is 0.421. The molecule has 1 atom stereocenters. The van der Waals surface area contributed by atoms with E-state index in [2.05, 4.69) is 42.8 Å². The van der Waals surface area contributed by atoms with Crippen LogP contribution in [0.2, 0.25) is 0 Å². The molecule has 1 aromatic carbocycles. The summed E-state index contributed by atoms with van der Waals surface area (Å²) in [6, 6.07) is 12.3. The van der Waals surface area contributed by atoms with E-state index in [4.69, 9.17) is 0 Å². The van der Waals surface area contributed by atoms with Crippen LogP contribution in [-0.2, 0) is 6.54 Å². The first kappa shape index (κ1) is 15.7. The zero-order valence-electron chi connectivity index (χ0n) is 14.3. The third-order valence-electron chi connectivity index (χ3n) is 4.60. The van der Waals surface area contributed by atoms with E-state index in [0.29, 0.717) is 5.92 Å². The molecule has 2 amide bonds. The number of fused-ring (bicyclic) bond motifs is 1. The molecule has 0 saturated heterocycles. The molecule has 23 heavy (non-hydrogen) atoms. The maximum atomic E-state index is 12.8. The first-order chi connectivity index (χ1) is 11.0. The highest BCUT2D eigenvalue weighted by atomic mass is 16.2. The number of amides is 2. The fourth-order valence-corrected chi connectivity index (χ4v) is 3.51. The van der Waals surface area contributed by atoms with Gasteiger partial charge in [0.15, 0.2) is 0 Å². The lowest BCUT2D eigenvalue weighted by atomic mass is 9.97. The summed E-state index contributed by atoms with van der Waals surface area (Å²) in [4.78, 5) is 14.8. The van der Waals surface area contributed by atoms with E-state index in [1.807, 2.05) is 36.1 Å². The Bertz CT molecular complexity index is 717. The molecule has 2 heterocycles. The number of carbonyl (C=O) groups is 1. The Morgan fingerprint density at radius 2 is 1.96 bits per heavy atom. The molecule has 1 aliphatic rings. The number of hydrogen-bond donors (Lipinski definition) is 1. The molecule has 4 heteroatoms. The predicted octanol–water partition coefficient (Wildman–Crippen LogP) is 4.35. The van der Waals surface area contributed by atoms with Crippen molar-refractivity contribution < 1.29 is 4.79 Å². The minimum Gasteiger partial charge on any atom is -0.345 e. The minimum absolute atomic E-state index is 0.0144. The van der Waals surface area contributed by atoms with Crippen molar-refractivity contribution in [3.8, 4) is 0 Å². The zero-order valence-corrected chi connectivity index (χ0v) is 14.3. The molecule has 0 saturated carbocycles. The van der Waals surface area contributed by atoms with Crippen molar-refractivity contribution in [3.63, 3.8) is 0 Å². The van der Waals surface area contributed by atoms with Gasteiger partial charge in [0, 0.05) is 30.2 Å². The van der Waals surface area contributed by atoms with E-state index in [0.717, 1.165) is 24.3 Å². The van der Waals surface area contributed by atoms with Gasteiger partial charge < -0.3 is 14.8 Å². The number of aromatic nitrogens is 1. The van der Waals surface area contributed by atoms with E-state index < -0.39 is 0 Å². The molecule has 0 bridgehead atoms. The molecule has 0 fully saturated rings. The first-order valence-corrected chi connectivity index (χ1v) is 8.27. The van der Waals surface area contributed by atoms with Crippen molar-refractivity contribution in [2.45, 2.75) is 40.3 Å². The van der Waals surface area contributed by atoms with Gasteiger partial charge in [-0.15, -0.1) is 0 Å². The molecule has 1 aromatic heterocycles. The summed E-state index contributed by atoms with van der Waals surface area (Å²) >= 11 is 0. The standard InChI is InChI=1S/C19H25N3O/c1-13(2)18-17-9-8-15(4)21(17)10-11-22(18)19(23)20-16-7-5-6-14(3)12-16/h5-9,12-13,18H,10-11H2,1-4H3,(H,20,23)/t18-/m0/s1. The van der Waals surface area contributed by atoms with Crippen LogP contribution in [0.4, 0.5) is 10.5 Å². The van der Waals surface area contributed by atoms with Gasteiger partial charge in [0.2, 0.25) is 0 Å². The summed E-state index contributed by atoms with van der Waals surface area (Å²) in [5, 5.41) is 3.05. The number of benzene rings is 1. The molecular weight excluding hydrogens is 286 g/mol. The van der Waals surface area contributed by atoms with Gasteiger partial charge in [-0.1, -0.05) is 26.0 Å². The Hall–Kier alpha value is -2.23. The molecule has 1 N–H and O–H groups in total. The number of hydrogen-bond acceptors (Lipinski definition) is 1. The smallest absolute Gasteiger partial charge is 0.322 e. The van der Waals surface area contributed by atoms with Crippen molar-refractivity contribution >= 4 is 11.7 Å². The molecule has 0 unspecified atom stereocenters. The van der Waals surface area contributed by atoms with Gasteiger partial charge >= 0.3 is 6.03 Å². The molecule has 0 spiro atoms. The molecule has 4 nitrogen and oxygen atoms in total. The lowest BCUT2D eigenvalue weighted by Crippen LogP contribution is -2.46. The Labute approximate surface area is 138 Å². The number of aryl methyl sites for hydroxylation is 2. The van der Waals surface area contributed by atoms with Crippen LogP contribution in [0.5, 0.6) is 0 Å². The molecule has 2 aromatic rings. The van der Waals surface area contributed by atoms with Crippen molar-refractivity contribution in [3.05, 3.63) is 53.3 Å². The van der Waals surface area contributed by atoms with Crippen LogP contribution in [0.25, 0.3) is 0 Å². The van der Waals surface area contributed by atoms with Crippen molar-refractivity contribution in [2.75, 3.05) is 11.9 Å². The molecule has 3 rings (SSSR count). The second-order valence-electron chi connectivity index (χ2n) is 6.73. The van der Waals surface area contributed by atoms with Crippen LogP contribution >= 0.6 is 0 Å². The summed E-state index contributed by atoms with van der Waals surface area (Å²) in [5.74, 6) is 0.367. The van der Waals surface area contributed by atoms with Crippen LogP contribution in [0.1, 0.15) is 36.8 Å². The predicted molar refractivity (Wildman–Crippen MR) is 93.7 cm³/mol. The summed E-state index contributed by atoms with van der Waals surface area (Å²) in [5.41, 5.74) is 4.51. The summed E-state index contributed by atoms with van der Waals surface area (Å²) < 4.78 is 2.33. The van der Waals surface area contributed by atoms with E-state index >= 15 is 0 Å². The SMILES string of the molecule is Cc1cccc(NC(=O)N2CCn3c(C)ccc3[C@@H]2C(C)C)c1. The molecule has 122 valence electrons. The average molecular weight is 311 g/mol. The van der Waals surface area contributed by atoms with Crippen LogP contribution in [0, 0.1) is 19.8 Å². The second kappa shape index (κ2) is 6.11. The van der Waals surface area contributed by atoms with Gasteiger partial charge in [-0.25, -0.2) is 4.79 Å². The third kappa shape index (κ3) is 2.98. The van der Waals surface area contributed by atoms with E-state index in [9.17, 15) is 4.79 Å². The number of rotatable bonds is 2.